The van der Waals surface area contributed by atoms with Gasteiger partial charge in [0.15, 0.2) is 12.9 Å². The van der Waals surface area contributed by atoms with Crippen molar-refractivity contribution in [3.63, 3.8) is 0 Å². The molecule has 3 aromatic carbocycles. The smallest absolute Gasteiger partial charge is 0.289 e. The predicted octanol–water partition coefficient (Wildman–Crippen LogP) is 3.19. The molecular formula is C19H14AsF6IO. The van der Waals surface area contributed by atoms with Crippen LogP contribution in [0.2, 0.25) is 0 Å². The van der Waals surface area contributed by atoms with E-state index in [1.54, 1.807) is 0 Å². The van der Waals surface area contributed by atoms with Gasteiger partial charge in [0.25, 0.3) is 0 Å². The maximum atomic E-state index is 12.5. The normalized spacial score (nSPS) is 13.5. The number of carbonyl (C=O) groups is 1. The van der Waals surface area contributed by atoms with E-state index >= 15 is 0 Å². The maximum absolute atomic E-state index is 12.5. The van der Waals surface area contributed by atoms with Crippen LogP contribution in [-0.2, 0) is 0 Å². The van der Waals surface area contributed by atoms with Crippen molar-refractivity contribution in [3.8, 4) is 0 Å². The molecule has 0 aliphatic carbocycles. The van der Waals surface area contributed by atoms with E-state index < -0.39 is 14.2 Å². The minimum Gasteiger partial charge on any atom is -0.289 e. The van der Waals surface area contributed by atoms with Crippen LogP contribution >= 0.6 is 0 Å². The summed E-state index contributed by atoms with van der Waals surface area (Å²) in [5.74, 6) is 0.0921. The van der Waals surface area contributed by atoms with Crippen molar-refractivity contribution in [3.05, 3.63) is 103 Å². The van der Waals surface area contributed by atoms with Crippen LogP contribution in [0.25, 0.3) is 0 Å². The van der Waals surface area contributed by atoms with E-state index in [4.69, 9.17) is 0 Å². The number of ketones is 1. The molecule has 0 aliphatic heterocycles. The second kappa shape index (κ2) is 7.91. The summed E-state index contributed by atoms with van der Waals surface area (Å²) in [5.41, 5.74) is 1.52. The Morgan fingerprint density at radius 1 is 0.607 bits per heavy atom. The summed E-state index contributed by atoms with van der Waals surface area (Å²) in [7, 11) is 0. The average Bonchev–Trinajstić information content (AvgIpc) is 2.60. The largest absolute Gasteiger partial charge is 0.357 e. The molecule has 0 aromatic heterocycles. The fourth-order valence-corrected chi connectivity index (χ4v) is 4.42. The third kappa shape index (κ3) is 9.94. The van der Waals surface area contributed by atoms with Gasteiger partial charge < -0.3 is 0 Å². The molecule has 0 heterocycles. The van der Waals surface area contributed by atoms with Gasteiger partial charge in [0.2, 0.25) is 0 Å². The number of hydrogen-bond acceptors (Lipinski definition) is 1. The summed E-state index contributed by atoms with van der Waals surface area (Å²) < 4.78 is 62.1. The molecule has 28 heavy (non-hydrogen) atoms. The molecule has 0 amide bonds. The van der Waals surface area contributed by atoms with Gasteiger partial charge in [0, 0.05) is 17.2 Å². The van der Waals surface area contributed by atoms with Crippen LogP contribution in [0.1, 0.15) is 15.9 Å². The molecular weight excluding hydrogens is 560 g/mol. The van der Waals surface area contributed by atoms with E-state index in [-0.39, 0.29) is 27.0 Å². The molecule has 0 spiro atoms. The molecule has 0 atom stereocenters. The topological polar surface area (TPSA) is 17.1 Å². The summed E-state index contributed by atoms with van der Waals surface area (Å²) in [5, 5.41) is 0. The minimum atomic E-state index is -11.1. The molecule has 3 rings (SSSR count). The standard InChI is InChI=1S/C19H14IO.AsF6/c21-19(15-8-3-1-4-9-15)16-10-7-13-18(14-16)20-17-11-5-2-6-12-17;2-1(3,4,5,6)7/h1-14H;/q+1;-1. The second-order valence-electron chi connectivity index (χ2n) is 5.55. The van der Waals surface area contributed by atoms with E-state index in [2.05, 4.69) is 30.3 Å². The first kappa shape index (κ1) is 22.5. The molecule has 1 nitrogen and oxygen atoms in total. The van der Waals surface area contributed by atoms with Crippen molar-refractivity contribution < 1.29 is 46.8 Å². The van der Waals surface area contributed by atoms with Crippen LogP contribution < -0.4 is 21.2 Å². The zero-order chi connectivity index (χ0) is 20.9. The maximum Gasteiger partial charge on any atom is 0.357 e. The van der Waals surface area contributed by atoms with Gasteiger partial charge in [-0.15, -0.1) is 0 Å². The fraction of sp³-hybridized carbons (Fsp3) is 0. The van der Waals surface area contributed by atoms with Gasteiger partial charge in [0.1, 0.15) is 0 Å². The van der Waals surface area contributed by atoms with Crippen LogP contribution in [0.4, 0.5) is 20.8 Å². The van der Waals surface area contributed by atoms with E-state index in [0.29, 0.717) is 0 Å². The molecule has 150 valence electrons. The summed E-state index contributed by atoms with van der Waals surface area (Å²) >= 11 is -11.3. The van der Waals surface area contributed by atoms with Crippen LogP contribution in [0, 0.1) is 7.14 Å². The third-order valence-corrected chi connectivity index (χ3v) is 5.71. The first-order valence-corrected chi connectivity index (χ1v) is 14.2. The number of halogens is 7. The monoisotopic (exact) mass is 574 g/mol. The summed E-state index contributed by atoms with van der Waals surface area (Å²) in [6.07, 6.45) is 0. The zero-order valence-corrected chi connectivity index (χ0v) is 18.1. The molecule has 0 bridgehead atoms. The number of benzene rings is 3. The van der Waals surface area contributed by atoms with Crippen molar-refractivity contribution in [2.75, 3.05) is 0 Å². The van der Waals surface area contributed by atoms with Gasteiger partial charge in [-0.2, -0.15) is 0 Å². The molecule has 0 saturated carbocycles. The predicted molar refractivity (Wildman–Crippen MR) is 92.6 cm³/mol. The number of hydrogen-bond donors (Lipinski definition) is 0. The fourth-order valence-electron chi connectivity index (χ4n) is 2.05. The first-order chi connectivity index (χ1) is 12.8. The van der Waals surface area contributed by atoms with Crippen molar-refractivity contribution in [2.45, 2.75) is 0 Å². The number of rotatable bonds is 4. The zero-order valence-electron chi connectivity index (χ0n) is 14.1. The Morgan fingerprint density at radius 2 is 1.04 bits per heavy atom. The average molecular weight is 574 g/mol. The van der Waals surface area contributed by atoms with Crippen molar-refractivity contribution in [2.24, 2.45) is 0 Å². The second-order valence-corrected chi connectivity index (χ2v) is 12.6. The van der Waals surface area contributed by atoms with Crippen molar-refractivity contribution >= 4 is 20.0 Å². The summed E-state index contributed by atoms with van der Waals surface area (Å²) in [4.78, 5) is 12.5. The van der Waals surface area contributed by atoms with E-state index in [1.807, 2.05) is 54.6 Å². The molecule has 0 aliphatic rings. The quantitative estimate of drug-likeness (QED) is 0.203. The van der Waals surface area contributed by atoms with Gasteiger partial charge in [-0.3, -0.25) is 4.79 Å². The third-order valence-electron chi connectivity index (χ3n) is 3.07. The Balaban J connectivity index is 0.000000345. The Bertz CT molecular complexity index is 933. The summed E-state index contributed by atoms with van der Waals surface area (Å²) in [6, 6.07) is 27.9. The molecule has 0 fully saturated rings. The van der Waals surface area contributed by atoms with Gasteiger partial charge in [0.05, 0.1) is 0 Å². The van der Waals surface area contributed by atoms with Gasteiger partial charge in [-0.1, -0.05) is 60.7 Å². The molecule has 0 N–H and O–H groups in total. The van der Waals surface area contributed by atoms with Gasteiger partial charge in [-0.05, 0) is 18.2 Å². The van der Waals surface area contributed by atoms with Crippen LogP contribution in [0.15, 0.2) is 84.9 Å². The van der Waals surface area contributed by atoms with Crippen molar-refractivity contribution in [1.82, 2.24) is 0 Å². The first-order valence-electron chi connectivity index (χ1n) is 7.74. The Kier molecular flexibility index (Phi) is 6.35. The molecule has 3 aromatic rings. The van der Waals surface area contributed by atoms with E-state index in [9.17, 15) is 25.6 Å². The van der Waals surface area contributed by atoms with Gasteiger partial charge in [-0.25, -0.2) is 0 Å². The molecule has 0 saturated heterocycles. The van der Waals surface area contributed by atoms with Gasteiger partial charge >= 0.3 is 56.2 Å². The van der Waals surface area contributed by atoms with Crippen LogP contribution in [0.5, 0.6) is 0 Å². The minimum absolute atomic E-state index is 0.0921. The Hall–Kier alpha value is -1.80. The Morgan fingerprint density at radius 3 is 1.57 bits per heavy atom. The van der Waals surface area contributed by atoms with E-state index in [0.717, 1.165) is 11.1 Å². The molecule has 0 radical (unpaired) electrons. The Labute approximate surface area is 169 Å². The van der Waals surface area contributed by atoms with E-state index in [1.165, 1.54) is 7.14 Å². The van der Waals surface area contributed by atoms with Crippen LogP contribution in [0.3, 0.4) is 0 Å². The van der Waals surface area contributed by atoms with Crippen molar-refractivity contribution in [1.29, 1.82) is 0 Å². The molecule has 0 unspecified atom stereocenters. The number of carbonyl (C=O) groups excluding carboxylic acids is 1. The molecule has 9 heteroatoms. The summed E-state index contributed by atoms with van der Waals surface area (Å²) in [6.45, 7) is 0. The van der Waals surface area contributed by atoms with Crippen LogP contribution in [-0.4, -0.2) is 20.0 Å². The SMILES string of the molecule is F[As-](F)(F)(F)(F)F.O=C(c1ccccc1)c1cccc([I+]c2ccccc2)c1.